The lowest BCUT2D eigenvalue weighted by atomic mass is 9.96. The van der Waals surface area contributed by atoms with Crippen molar-refractivity contribution in [3.8, 4) is 0 Å². The van der Waals surface area contributed by atoms with E-state index in [9.17, 15) is 9.50 Å². The third-order valence-electron chi connectivity index (χ3n) is 3.16. The molecule has 3 heteroatoms. The fraction of sp³-hybridized carbons (Fsp3) is 0.467. The molecule has 0 saturated carbocycles. The summed E-state index contributed by atoms with van der Waals surface area (Å²) in [6, 6.07) is 6.32. The molecule has 0 aromatic heterocycles. The fourth-order valence-corrected chi connectivity index (χ4v) is 2.40. The number of halogens is 1. The lowest BCUT2D eigenvalue weighted by Crippen LogP contribution is -2.39. The Labute approximate surface area is 108 Å². The summed E-state index contributed by atoms with van der Waals surface area (Å²) < 4.78 is 12.9. The lowest BCUT2D eigenvalue weighted by Gasteiger charge is -2.31. The molecule has 0 radical (unpaired) electrons. The first-order valence-corrected chi connectivity index (χ1v) is 6.42. The summed E-state index contributed by atoms with van der Waals surface area (Å²) >= 11 is 0. The molecule has 1 aromatic carbocycles. The van der Waals surface area contributed by atoms with E-state index in [1.807, 2.05) is 6.08 Å². The van der Waals surface area contributed by atoms with Gasteiger partial charge >= 0.3 is 0 Å². The van der Waals surface area contributed by atoms with Crippen molar-refractivity contribution >= 4 is 5.57 Å². The Hall–Kier alpha value is -1.19. The highest BCUT2D eigenvalue weighted by molar-refractivity contribution is 5.69. The Morgan fingerprint density at radius 1 is 1.33 bits per heavy atom. The highest BCUT2D eigenvalue weighted by Crippen LogP contribution is 2.23. The third kappa shape index (κ3) is 3.18. The average Bonchev–Trinajstić information content (AvgIpc) is 2.30. The molecule has 1 aromatic rings. The van der Waals surface area contributed by atoms with Crippen LogP contribution in [0.4, 0.5) is 4.39 Å². The van der Waals surface area contributed by atoms with Crippen molar-refractivity contribution in [1.82, 2.24) is 4.90 Å². The summed E-state index contributed by atoms with van der Waals surface area (Å²) in [5, 5.41) is 10.2. The van der Waals surface area contributed by atoms with Crippen LogP contribution in [0.2, 0.25) is 0 Å². The molecule has 0 saturated heterocycles. The van der Waals surface area contributed by atoms with Crippen molar-refractivity contribution in [3.05, 3.63) is 41.7 Å². The molecule has 0 aliphatic carbocycles. The Balaban J connectivity index is 2.11. The molecule has 98 valence electrons. The number of hydrogen-bond donors (Lipinski definition) is 1. The van der Waals surface area contributed by atoms with Crippen molar-refractivity contribution in [3.63, 3.8) is 0 Å². The summed E-state index contributed by atoms with van der Waals surface area (Å²) in [6.07, 6.45) is 1.56. The van der Waals surface area contributed by atoms with Crippen LogP contribution < -0.4 is 0 Å². The summed E-state index contributed by atoms with van der Waals surface area (Å²) in [4.78, 5) is 2.24. The van der Waals surface area contributed by atoms with E-state index in [-0.39, 0.29) is 5.82 Å². The van der Waals surface area contributed by atoms with Crippen LogP contribution >= 0.6 is 0 Å². The maximum atomic E-state index is 12.9. The zero-order valence-corrected chi connectivity index (χ0v) is 10.9. The highest BCUT2D eigenvalue weighted by atomic mass is 19.1. The van der Waals surface area contributed by atoms with Crippen molar-refractivity contribution in [2.75, 3.05) is 19.6 Å². The Kier molecular flexibility index (Phi) is 4.15. The molecule has 0 fully saturated rings. The molecular formula is C15H20FNO. The first kappa shape index (κ1) is 13.2. The molecule has 2 nitrogen and oxygen atoms in total. The van der Waals surface area contributed by atoms with Gasteiger partial charge in [-0.2, -0.15) is 0 Å². The second kappa shape index (κ2) is 5.63. The summed E-state index contributed by atoms with van der Waals surface area (Å²) in [6.45, 7) is 6.84. The largest absolute Gasteiger partial charge is 0.387 e. The molecule has 1 heterocycles. The maximum Gasteiger partial charge on any atom is 0.123 e. The van der Waals surface area contributed by atoms with Gasteiger partial charge in [0, 0.05) is 19.6 Å². The number of aliphatic hydroxyl groups is 1. The van der Waals surface area contributed by atoms with Gasteiger partial charge in [0.25, 0.3) is 0 Å². The predicted molar refractivity (Wildman–Crippen MR) is 71.7 cm³/mol. The van der Waals surface area contributed by atoms with Gasteiger partial charge < -0.3 is 5.11 Å². The van der Waals surface area contributed by atoms with Crippen LogP contribution in [0.3, 0.4) is 0 Å². The normalized spacial score (nSPS) is 21.2. The molecule has 18 heavy (non-hydrogen) atoms. The van der Waals surface area contributed by atoms with E-state index in [2.05, 4.69) is 18.7 Å². The van der Waals surface area contributed by atoms with Crippen LogP contribution in [-0.2, 0) is 0 Å². The van der Waals surface area contributed by atoms with Gasteiger partial charge in [0.2, 0.25) is 0 Å². The highest BCUT2D eigenvalue weighted by Gasteiger charge is 2.21. The monoisotopic (exact) mass is 249 g/mol. The molecule has 1 N–H and O–H groups in total. The van der Waals surface area contributed by atoms with Gasteiger partial charge in [-0.25, -0.2) is 4.39 Å². The minimum absolute atomic E-state index is 0.244. The first-order valence-electron chi connectivity index (χ1n) is 6.42. The fourth-order valence-electron chi connectivity index (χ4n) is 2.40. The van der Waals surface area contributed by atoms with Gasteiger partial charge in [0.05, 0.1) is 6.10 Å². The van der Waals surface area contributed by atoms with Gasteiger partial charge in [-0.3, -0.25) is 4.90 Å². The van der Waals surface area contributed by atoms with Crippen molar-refractivity contribution in [1.29, 1.82) is 0 Å². The van der Waals surface area contributed by atoms with Gasteiger partial charge in [-0.15, -0.1) is 0 Å². The summed E-state index contributed by atoms with van der Waals surface area (Å²) in [7, 11) is 0. The molecule has 0 spiro atoms. The van der Waals surface area contributed by atoms with E-state index in [0.717, 1.165) is 24.2 Å². The Bertz CT molecular complexity index is 425. The molecular weight excluding hydrogens is 229 g/mol. The summed E-state index contributed by atoms with van der Waals surface area (Å²) in [5.41, 5.74) is 1.82. The SMILES string of the molecule is CC(C)CN1CC=C(c2ccc(F)cc2)C(O)C1. The number of nitrogens with zero attached hydrogens (tertiary/aromatic N) is 1. The molecule has 0 amide bonds. The van der Waals surface area contributed by atoms with Crippen LogP contribution in [0.25, 0.3) is 5.57 Å². The Morgan fingerprint density at radius 3 is 2.56 bits per heavy atom. The molecule has 1 unspecified atom stereocenters. The van der Waals surface area contributed by atoms with Crippen molar-refractivity contribution in [2.45, 2.75) is 20.0 Å². The van der Waals surface area contributed by atoms with Crippen LogP contribution in [0.5, 0.6) is 0 Å². The molecule has 0 bridgehead atoms. The van der Waals surface area contributed by atoms with Crippen molar-refractivity contribution in [2.24, 2.45) is 5.92 Å². The average molecular weight is 249 g/mol. The number of aliphatic hydroxyl groups excluding tert-OH is 1. The van der Waals surface area contributed by atoms with Crippen LogP contribution in [-0.4, -0.2) is 35.7 Å². The van der Waals surface area contributed by atoms with Crippen LogP contribution in [0, 0.1) is 11.7 Å². The van der Waals surface area contributed by atoms with Gasteiger partial charge in [-0.1, -0.05) is 32.1 Å². The van der Waals surface area contributed by atoms with E-state index in [0.29, 0.717) is 12.5 Å². The number of benzene rings is 1. The topological polar surface area (TPSA) is 23.5 Å². The zero-order valence-electron chi connectivity index (χ0n) is 10.9. The second-order valence-electron chi connectivity index (χ2n) is 5.29. The number of hydrogen-bond acceptors (Lipinski definition) is 2. The van der Waals surface area contributed by atoms with Crippen molar-refractivity contribution < 1.29 is 9.50 Å². The first-order chi connectivity index (χ1) is 8.56. The number of rotatable bonds is 3. The van der Waals surface area contributed by atoms with E-state index in [1.165, 1.54) is 12.1 Å². The quantitative estimate of drug-likeness (QED) is 0.890. The second-order valence-corrected chi connectivity index (χ2v) is 5.29. The minimum Gasteiger partial charge on any atom is -0.387 e. The lowest BCUT2D eigenvalue weighted by molar-refractivity contribution is 0.143. The van der Waals surface area contributed by atoms with E-state index in [4.69, 9.17) is 0 Å². The smallest absolute Gasteiger partial charge is 0.123 e. The Morgan fingerprint density at radius 2 is 2.00 bits per heavy atom. The standard InChI is InChI=1S/C15H20FNO/c1-11(2)9-17-8-7-14(15(18)10-17)12-3-5-13(16)6-4-12/h3-7,11,15,18H,8-10H2,1-2H3. The maximum absolute atomic E-state index is 12.9. The van der Waals surface area contributed by atoms with Gasteiger partial charge in [0.1, 0.15) is 5.82 Å². The molecule has 1 atom stereocenters. The van der Waals surface area contributed by atoms with E-state index < -0.39 is 6.10 Å². The minimum atomic E-state index is -0.483. The van der Waals surface area contributed by atoms with Gasteiger partial charge in [0.15, 0.2) is 0 Å². The van der Waals surface area contributed by atoms with Gasteiger partial charge in [-0.05, 0) is 29.2 Å². The third-order valence-corrected chi connectivity index (χ3v) is 3.16. The zero-order chi connectivity index (χ0) is 13.1. The van der Waals surface area contributed by atoms with Crippen LogP contribution in [0.1, 0.15) is 19.4 Å². The predicted octanol–water partition coefficient (Wildman–Crippen LogP) is 2.54. The molecule has 1 aliphatic heterocycles. The van der Waals surface area contributed by atoms with Crippen LogP contribution in [0.15, 0.2) is 30.3 Å². The van der Waals surface area contributed by atoms with E-state index >= 15 is 0 Å². The number of β-amino-alcohol motifs (C(OH)–C–C–N with tert-alkyl or cyclic N) is 1. The van der Waals surface area contributed by atoms with E-state index in [1.54, 1.807) is 12.1 Å². The summed E-state index contributed by atoms with van der Waals surface area (Å²) in [5.74, 6) is 0.351. The molecule has 2 rings (SSSR count). The molecule has 1 aliphatic rings.